The van der Waals surface area contributed by atoms with Crippen LogP contribution in [0.3, 0.4) is 0 Å². The number of allylic oxidation sites excluding steroid dienone is 1. The standard InChI is InChI=1S/C22H23NO2S/c1-16-7-11-19(12-8-16)26(24,25)23-14-13-22(18-5-3-2-4-6-18)20(15-23)21(22)17-9-10-17/h2-8,11-14,17,20-21H,9-10,15H2,1H3. The summed E-state index contributed by atoms with van der Waals surface area (Å²) in [6.45, 7) is 2.55. The van der Waals surface area contributed by atoms with Crippen LogP contribution in [0.15, 0.2) is 71.8 Å². The number of sulfonamides is 1. The Hall–Kier alpha value is -2.07. The number of fused-ring (bicyclic) bond motifs is 1. The molecular weight excluding hydrogens is 342 g/mol. The third kappa shape index (κ3) is 2.28. The molecule has 5 rings (SSSR count). The van der Waals surface area contributed by atoms with Crippen molar-refractivity contribution in [2.45, 2.75) is 30.1 Å². The second-order valence-electron chi connectivity index (χ2n) is 7.97. The van der Waals surface area contributed by atoms with Crippen molar-refractivity contribution in [2.24, 2.45) is 17.8 Å². The highest BCUT2D eigenvalue weighted by molar-refractivity contribution is 7.89. The van der Waals surface area contributed by atoms with Gasteiger partial charge in [-0.2, -0.15) is 0 Å². The Kier molecular flexibility index (Phi) is 3.39. The largest absolute Gasteiger partial charge is 0.273 e. The normalized spacial score (nSPS) is 30.1. The zero-order valence-electron chi connectivity index (χ0n) is 14.9. The molecule has 2 fully saturated rings. The first-order valence-corrected chi connectivity index (χ1v) is 10.8. The first-order valence-electron chi connectivity index (χ1n) is 9.37. The van der Waals surface area contributed by atoms with Crippen molar-refractivity contribution in [1.29, 1.82) is 0 Å². The Balaban J connectivity index is 1.50. The maximum atomic E-state index is 13.1. The Bertz CT molecular complexity index is 961. The Labute approximate surface area is 155 Å². The van der Waals surface area contributed by atoms with Crippen LogP contribution in [-0.2, 0) is 15.4 Å². The van der Waals surface area contributed by atoms with E-state index in [-0.39, 0.29) is 5.41 Å². The molecule has 2 aliphatic carbocycles. The molecule has 0 N–H and O–H groups in total. The minimum Gasteiger partial charge on any atom is -0.273 e. The van der Waals surface area contributed by atoms with E-state index in [1.807, 2.05) is 31.3 Å². The molecule has 3 aliphatic rings. The summed E-state index contributed by atoms with van der Waals surface area (Å²) >= 11 is 0. The van der Waals surface area contributed by atoms with Crippen molar-refractivity contribution < 1.29 is 8.42 Å². The van der Waals surface area contributed by atoms with Crippen molar-refractivity contribution in [1.82, 2.24) is 4.31 Å². The summed E-state index contributed by atoms with van der Waals surface area (Å²) in [5.74, 6) is 1.73. The fraction of sp³-hybridized carbons (Fsp3) is 0.364. The highest BCUT2D eigenvalue weighted by Gasteiger charge is 2.69. The maximum absolute atomic E-state index is 13.1. The van der Waals surface area contributed by atoms with Crippen molar-refractivity contribution in [3.05, 3.63) is 78.0 Å². The third-order valence-corrected chi connectivity index (χ3v) is 8.17. The minimum absolute atomic E-state index is 0.0434. The maximum Gasteiger partial charge on any atom is 0.263 e. The van der Waals surface area contributed by atoms with Crippen molar-refractivity contribution in [2.75, 3.05) is 6.54 Å². The van der Waals surface area contributed by atoms with Crippen molar-refractivity contribution in [3.63, 3.8) is 0 Å². The predicted octanol–water partition coefficient (Wildman–Crippen LogP) is 4.11. The molecule has 3 unspecified atom stereocenters. The smallest absolute Gasteiger partial charge is 0.263 e. The molecule has 0 amide bonds. The Morgan fingerprint density at radius 2 is 1.69 bits per heavy atom. The first-order chi connectivity index (χ1) is 12.5. The molecule has 4 heteroatoms. The van der Waals surface area contributed by atoms with E-state index >= 15 is 0 Å². The zero-order valence-corrected chi connectivity index (χ0v) is 15.7. The van der Waals surface area contributed by atoms with Gasteiger partial charge in [-0.05, 0) is 55.2 Å². The van der Waals surface area contributed by atoms with Crippen molar-refractivity contribution >= 4 is 10.0 Å². The lowest BCUT2D eigenvalue weighted by Gasteiger charge is -2.27. The van der Waals surface area contributed by atoms with Crippen LogP contribution >= 0.6 is 0 Å². The average Bonchev–Trinajstić information content (AvgIpc) is 3.55. The van der Waals surface area contributed by atoms with Gasteiger partial charge in [0.25, 0.3) is 10.0 Å². The Morgan fingerprint density at radius 1 is 1.00 bits per heavy atom. The van der Waals surface area contributed by atoms with E-state index in [1.165, 1.54) is 18.4 Å². The van der Waals surface area contributed by atoms with Gasteiger partial charge in [0.05, 0.1) is 4.90 Å². The summed E-state index contributed by atoms with van der Waals surface area (Å²) in [5.41, 5.74) is 2.45. The average molecular weight is 365 g/mol. The second-order valence-corrected chi connectivity index (χ2v) is 9.86. The first kappa shape index (κ1) is 16.1. The summed E-state index contributed by atoms with van der Waals surface area (Å²) in [6, 6.07) is 17.8. The fourth-order valence-electron chi connectivity index (χ4n) is 4.90. The van der Waals surface area contributed by atoms with Gasteiger partial charge in [-0.1, -0.05) is 54.1 Å². The van der Waals surface area contributed by atoms with Gasteiger partial charge < -0.3 is 0 Å². The lowest BCUT2D eigenvalue weighted by molar-refractivity contribution is 0.446. The SMILES string of the molecule is Cc1ccc(S(=O)(=O)N2C=CC3(c4ccccc4)C(C2)C3C2CC2)cc1. The van der Waals surface area contributed by atoms with Gasteiger partial charge in [0, 0.05) is 18.2 Å². The van der Waals surface area contributed by atoms with E-state index < -0.39 is 10.0 Å². The topological polar surface area (TPSA) is 37.4 Å². The molecule has 0 saturated heterocycles. The molecule has 0 aromatic heterocycles. The third-order valence-electron chi connectivity index (χ3n) is 6.41. The van der Waals surface area contributed by atoms with Crippen LogP contribution in [-0.4, -0.2) is 19.3 Å². The van der Waals surface area contributed by atoms with E-state index in [2.05, 4.69) is 30.3 Å². The summed E-state index contributed by atoms with van der Waals surface area (Å²) in [6.07, 6.45) is 6.56. The molecule has 0 spiro atoms. The predicted molar refractivity (Wildman–Crippen MR) is 102 cm³/mol. The number of hydrogen-bond acceptors (Lipinski definition) is 2. The molecule has 3 nitrogen and oxygen atoms in total. The molecule has 134 valence electrons. The van der Waals surface area contributed by atoms with Gasteiger partial charge in [0.1, 0.15) is 0 Å². The molecule has 26 heavy (non-hydrogen) atoms. The van der Waals surface area contributed by atoms with Gasteiger partial charge in [0.2, 0.25) is 0 Å². The highest BCUT2D eigenvalue weighted by Crippen LogP contribution is 2.70. The van der Waals surface area contributed by atoms with Crippen LogP contribution in [0.5, 0.6) is 0 Å². The molecule has 1 aliphatic heterocycles. The van der Waals surface area contributed by atoms with E-state index in [0.29, 0.717) is 23.3 Å². The van der Waals surface area contributed by atoms with Crippen LogP contribution < -0.4 is 0 Å². The fourth-order valence-corrected chi connectivity index (χ4v) is 6.23. The molecule has 2 saturated carbocycles. The number of benzene rings is 2. The van der Waals surface area contributed by atoms with Crippen LogP contribution in [0.1, 0.15) is 24.0 Å². The number of aryl methyl sites for hydroxylation is 1. The molecule has 3 atom stereocenters. The molecule has 0 radical (unpaired) electrons. The Morgan fingerprint density at radius 3 is 2.35 bits per heavy atom. The minimum atomic E-state index is -3.48. The number of rotatable bonds is 4. The highest BCUT2D eigenvalue weighted by atomic mass is 32.2. The van der Waals surface area contributed by atoms with Crippen LogP contribution in [0.4, 0.5) is 0 Å². The van der Waals surface area contributed by atoms with Crippen molar-refractivity contribution in [3.8, 4) is 0 Å². The molecule has 2 aromatic rings. The second kappa shape index (κ2) is 5.46. The van der Waals surface area contributed by atoms with Gasteiger partial charge in [-0.15, -0.1) is 0 Å². The lowest BCUT2D eigenvalue weighted by Crippen LogP contribution is -2.32. The van der Waals surface area contributed by atoms with E-state index in [9.17, 15) is 8.42 Å². The number of nitrogens with zero attached hydrogens (tertiary/aromatic N) is 1. The summed E-state index contributed by atoms with van der Waals surface area (Å²) in [4.78, 5) is 0.378. The van der Waals surface area contributed by atoms with E-state index in [0.717, 1.165) is 11.5 Å². The van der Waals surface area contributed by atoms with Gasteiger partial charge in [0.15, 0.2) is 0 Å². The summed E-state index contributed by atoms with van der Waals surface area (Å²) in [7, 11) is -3.48. The van der Waals surface area contributed by atoms with Gasteiger partial charge >= 0.3 is 0 Å². The molecular formula is C22H23NO2S. The van der Waals surface area contributed by atoms with Gasteiger partial charge in [-0.25, -0.2) is 8.42 Å². The monoisotopic (exact) mass is 365 g/mol. The van der Waals surface area contributed by atoms with Gasteiger partial charge in [-0.3, -0.25) is 4.31 Å². The number of hydrogen-bond donors (Lipinski definition) is 0. The quantitative estimate of drug-likeness (QED) is 0.818. The van der Waals surface area contributed by atoms with Crippen LogP contribution in [0.25, 0.3) is 0 Å². The lowest BCUT2D eigenvalue weighted by atomic mass is 9.89. The van der Waals surface area contributed by atoms with Crippen LogP contribution in [0.2, 0.25) is 0 Å². The molecule has 0 bridgehead atoms. The zero-order chi connectivity index (χ0) is 17.9. The summed E-state index contributed by atoms with van der Waals surface area (Å²) in [5, 5.41) is 0. The summed E-state index contributed by atoms with van der Waals surface area (Å²) < 4.78 is 27.7. The molecule has 2 aromatic carbocycles. The van der Waals surface area contributed by atoms with E-state index in [1.54, 1.807) is 16.4 Å². The van der Waals surface area contributed by atoms with E-state index in [4.69, 9.17) is 0 Å². The van der Waals surface area contributed by atoms with Crippen LogP contribution in [0, 0.1) is 24.7 Å². The molecule has 1 heterocycles.